The molecule has 0 radical (unpaired) electrons. The van der Waals surface area contributed by atoms with Crippen LogP contribution in [0.3, 0.4) is 0 Å². The average molecular weight is 169 g/mol. The molecule has 1 fully saturated rings. The first kappa shape index (κ1) is 9.75. The molecule has 0 N–H and O–H groups in total. The van der Waals surface area contributed by atoms with Crippen LogP contribution < -0.4 is 0 Å². The maximum absolute atomic E-state index is 5.57. The molecule has 0 saturated carbocycles. The lowest BCUT2D eigenvalue weighted by molar-refractivity contribution is 0.0919. The third-order valence-electron chi connectivity index (χ3n) is 2.40. The third-order valence-corrected chi connectivity index (χ3v) is 2.40. The van der Waals surface area contributed by atoms with Gasteiger partial charge in [0.15, 0.2) is 0 Å². The second-order valence-electron chi connectivity index (χ2n) is 3.56. The normalized spacial score (nSPS) is 27.1. The molecule has 1 rings (SSSR count). The average Bonchev–Trinajstić information content (AvgIpc) is 2.28. The van der Waals surface area contributed by atoms with E-state index < -0.39 is 0 Å². The van der Waals surface area contributed by atoms with E-state index in [1.54, 1.807) is 0 Å². The van der Waals surface area contributed by atoms with Gasteiger partial charge in [0.2, 0.25) is 0 Å². The molecule has 0 aliphatic carbocycles. The fourth-order valence-electron chi connectivity index (χ4n) is 1.51. The van der Waals surface area contributed by atoms with E-state index in [0.717, 1.165) is 26.1 Å². The van der Waals surface area contributed by atoms with Gasteiger partial charge in [0, 0.05) is 19.1 Å². The first-order chi connectivity index (χ1) is 5.74. The van der Waals surface area contributed by atoms with Crippen LogP contribution in [0.15, 0.2) is 12.7 Å². The van der Waals surface area contributed by atoms with Crippen LogP contribution in [0, 0.1) is 0 Å². The topological polar surface area (TPSA) is 12.5 Å². The van der Waals surface area contributed by atoms with Crippen molar-refractivity contribution in [2.24, 2.45) is 0 Å². The van der Waals surface area contributed by atoms with E-state index in [1.165, 1.54) is 0 Å². The Bertz CT molecular complexity index is 145. The summed E-state index contributed by atoms with van der Waals surface area (Å²) in [6, 6.07) is 0.636. The lowest BCUT2D eigenvalue weighted by Crippen LogP contribution is -2.32. The maximum Gasteiger partial charge on any atom is 0.0766 e. The summed E-state index contributed by atoms with van der Waals surface area (Å²) >= 11 is 0. The minimum absolute atomic E-state index is 0.272. The first-order valence-corrected chi connectivity index (χ1v) is 4.72. The molecule has 1 heterocycles. The highest BCUT2D eigenvalue weighted by Crippen LogP contribution is 2.09. The van der Waals surface area contributed by atoms with Gasteiger partial charge >= 0.3 is 0 Å². The minimum Gasteiger partial charge on any atom is -0.373 e. The molecule has 1 atom stereocenters. The molecule has 0 aromatic heterocycles. The van der Waals surface area contributed by atoms with E-state index in [4.69, 9.17) is 4.74 Å². The van der Waals surface area contributed by atoms with Crippen molar-refractivity contribution in [2.45, 2.75) is 32.4 Å². The first-order valence-electron chi connectivity index (χ1n) is 4.72. The summed E-state index contributed by atoms with van der Waals surface area (Å²) in [5.74, 6) is 0. The molecule has 70 valence electrons. The van der Waals surface area contributed by atoms with Gasteiger partial charge in [0.05, 0.1) is 12.7 Å². The van der Waals surface area contributed by atoms with Crippen LogP contribution >= 0.6 is 0 Å². The Balaban J connectivity index is 2.38. The Morgan fingerprint density at radius 1 is 1.50 bits per heavy atom. The van der Waals surface area contributed by atoms with Crippen LogP contribution in [0.1, 0.15) is 20.3 Å². The molecular formula is C10H19NO. The maximum atomic E-state index is 5.57. The molecule has 1 aliphatic rings. The summed E-state index contributed by atoms with van der Waals surface area (Å²) in [6.07, 6.45) is 3.26. The SMILES string of the molecule is C=C[C@H]1CCN(C(C)C)CCO1. The summed E-state index contributed by atoms with van der Waals surface area (Å²) in [4.78, 5) is 2.45. The summed E-state index contributed by atoms with van der Waals surface area (Å²) in [6.45, 7) is 11.2. The largest absolute Gasteiger partial charge is 0.373 e. The van der Waals surface area contributed by atoms with Gasteiger partial charge < -0.3 is 4.74 Å². The Morgan fingerprint density at radius 2 is 2.25 bits per heavy atom. The number of hydrogen-bond donors (Lipinski definition) is 0. The lowest BCUT2D eigenvalue weighted by atomic mass is 10.2. The van der Waals surface area contributed by atoms with Crippen LogP contribution in [-0.4, -0.2) is 36.7 Å². The Kier molecular flexibility index (Phi) is 3.76. The zero-order chi connectivity index (χ0) is 8.97. The molecule has 2 nitrogen and oxygen atoms in total. The minimum atomic E-state index is 0.272. The van der Waals surface area contributed by atoms with Crippen LogP contribution in [0.25, 0.3) is 0 Å². The monoisotopic (exact) mass is 169 g/mol. The highest BCUT2D eigenvalue weighted by atomic mass is 16.5. The van der Waals surface area contributed by atoms with E-state index >= 15 is 0 Å². The van der Waals surface area contributed by atoms with Gasteiger partial charge in [-0.15, -0.1) is 6.58 Å². The fourth-order valence-corrected chi connectivity index (χ4v) is 1.51. The summed E-state index contributed by atoms with van der Waals surface area (Å²) < 4.78 is 5.57. The van der Waals surface area contributed by atoms with Gasteiger partial charge in [-0.1, -0.05) is 6.08 Å². The predicted molar refractivity (Wildman–Crippen MR) is 51.3 cm³/mol. The summed E-state index contributed by atoms with van der Waals surface area (Å²) in [5.41, 5.74) is 0. The van der Waals surface area contributed by atoms with Crippen LogP contribution in [0.2, 0.25) is 0 Å². The molecule has 0 aromatic carbocycles. The van der Waals surface area contributed by atoms with E-state index in [1.807, 2.05) is 6.08 Å². The van der Waals surface area contributed by atoms with Crippen molar-refractivity contribution < 1.29 is 4.74 Å². The third kappa shape index (κ3) is 2.61. The molecule has 0 aromatic rings. The predicted octanol–water partition coefficient (Wildman–Crippen LogP) is 1.67. The van der Waals surface area contributed by atoms with E-state index in [-0.39, 0.29) is 6.10 Å². The van der Waals surface area contributed by atoms with Crippen LogP contribution in [-0.2, 0) is 4.74 Å². The standard InChI is InChI=1S/C10H19NO/c1-4-10-5-6-11(9(2)3)7-8-12-10/h4,9-10H,1,5-8H2,2-3H3/t10-/m0/s1. The van der Waals surface area contributed by atoms with E-state index in [0.29, 0.717) is 6.04 Å². The Morgan fingerprint density at radius 3 is 2.83 bits per heavy atom. The van der Waals surface area contributed by atoms with E-state index in [9.17, 15) is 0 Å². The number of ether oxygens (including phenoxy) is 1. The van der Waals surface area contributed by atoms with Gasteiger partial charge in [-0.3, -0.25) is 4.90 Å². The van der Waals surface area contributed by atoms with Crippen LogP contribution in [0.5, 0.6) is 0 Å². The quantitative estimate of drug-likeness (QED) is 0.583. The van der Waals surface area contributed by atoms with Gasteiger partial charge in [-0.2, -0.15) is 0 Å². The van der Waals surface area contributed by atoms with Crippen molar-refractivity contribution in [1.29, 1.82) is 0 Å². The molecule has 0 spiro atoms. The van der Waals surface area contributed by atoms with Crippen molar-refractivity contribution in [3.63, 3.8) is 0 Å². The van der Waals surface area contributed by atoms with Crippen LogP contribution in [0.4, 0.5) is 0 Å². The summed E-state index contributed by atoms with van der Waals surface area (Å²) in [7, 11) is 0. The number of nitrogens with zero attached hydrogens (tertiary/aromatic N) is 1. The van der Waals surface area contributed by atoms with Crippen molar-refractivity contribution >= 4 is 0 Å². The molecule has 0 unspecified atom stereocenters. The Hall–Kier alpha value is -0.340. The highest BCUT2D eigenvalue weighted by Gasteiger charge is 2.16. The van der Waals surface area contributed by atoms with Gasteiger partial charge in [0.25, 0.3) is 0 Å². The van der Waals surface area contributed by atoms with E-state index in [2.05, 4.69) is 25.3 Å². The number of hydrogen-bond acceptors (Lipinski definition) is 2. The molecule has 2 heteroatoms. The molecule has 1 aliphatic heterocycles. The lowest BCUT2D eigenvalue weighted by Gasteiger charge is -2.23. The van der Waals surface area contributed by atoms with Crippen molar-refractivity contribution in [1.82, 2.24) is 4.90 Å². The van der Waals surface area contributed by atoms with Crippen molar-refractivity contribution in [3.05, 3.63) is 12.7 Å². The second-order valence-corrected chi connectivity index (χ2v) is 3.56. The molecule has 0 bridgehead atoms. The smallest absolute Gasteiger partial charge is 0.0766 e. The van der Waals surface area contributed by atoms with Gasteiger partial charge in [-0.05, 0) is 20.3 Å². The Labute approximate surface area is 75.2 Å². The molecule has 1 saturated heterocycles. The molecule has 0 amide bonds. The van der Waals surface area contributed by atoms with Crippen molar-refractivity contribution in [2.75, 3.05) is 19.7 Å². The zero-order valence-corrected chi connectivity index (χ0v) is 8.12. The zero-order valence-electron chi connectivity index (χ0n) is 8.12. The molecule has 12 heavy (non-hydrogen) atoms. The fraction of sp³-hybridized carbons (Fsp3) is 0.800. The second kappa shape index (κ2) is 4.63. The summed E-state index contributed by atoms with van der Waals surface area (Å²) in [5, 5.41) is 0. The highest BCUT2D eigenvalue weighted by molar-refractivity contribution is 4.83. The molecular weight excluding hydrogens is 150 g/mol. The number of rotatable bonds is 2. The van der Waals surface area contributed by atoms with Gasteiger partial charge in [0.1, 0.15) is 0 Å². The van der Waals surface area contributed by atoms with Crippen molar-refractivity contribution in [3.8, 4) is 0 Å². The van der Waals surface area contributed by atoms with Gasteiger partial charge in [-0.25, -0.2) is 0 Å².